The van der Waals surface area contributed by atoms with E-state index in [2.05, 4.69) is 35.6 Å². The zero-order valence-corrected chi connectivity index (χ0v) is 10.6. The van der Waals surface area contributed by atoms with E-state index in [4.69, 9.17) is 9.47 Å². The first-order chi connectivity index (χ1) is 9.40. The number of rotatable bonds is 1. The smallest absolute Gasteiger partial charge is 0.161 e. The van der Waals surface area contributed by atoms with Crippen LogP contribution >= 0.6 is 0 Å². The summed E-state index contributed by atoms with van der Waals surface area (Å²) in [5.41, 5.74) is 5.04. The van der Waals surface area contributed by atoms with Gasteiger partial charge in [-0.2, -0.15) is 0 Å². The second-order valence-electron chi connectivity index (χ2n) is 4.91. The lowest BCUT2D eigenvalue weighted by Gasteiger charge is -2.19. The third kappa shape index (κ3) is 1.82. The van der Waals surface area contributed by atoms with Gasteiger partial charge in [-0.15, -0.1) is 0 Å². The molecule has 0 fully saturated rings. The van der Waals surface area contributed by atoms with E-state index in [0.717, 1.165) is 24.5 Å². The topological polar surface area (TPSA) is 30.5 Å². The number of ether oxygens (including phenoxy) is 2. The fourth-order valence-corrected chi connectivity index (χ4v) is 2.69. The van der Waals surface area contributed by atoms with Crippen molar-refractivity contribution in [2.24, 2.45) is 0 Å². The van der Waals surface area contributed by atoms with Gasteiger partial charge in [-0.05, 0) is 41.3 Å². The molecule has 2 heterocycles. The summed E-state index contributed by atoms with van der Waals surface area (Å²) in [6.07, 6.45) is 1.12. The van der Waals surface area contributed by atoms with Crippen LogP contribution in [0, 0.1) is 0 Å². The molecule has 2 aliphatic heterocycles. The zero-order chi connectivity index (χ0) is 12.7. The first kappa shape index (κ1) is 10.7. The highest BCUT2D eigenvalue weighted by Gasteiger charge is 2.14. The quantitative estimate of drug-likeness (QED) is 0.847. The first-order valence-electron chi connectivity index (χ1n) is 6.67. The van der Waals surface area contributed by atoms with Crippen LogP contribution in [0.3, 0.4) is 0 Å². The Morgan fingerprint density at radius 2 is 1.63 bits per heavy atom. The molecule has 96 valence electrons. The Morgan fingerprint density at radius 3 is 2.58 bits per heavy atom. The summed E-state index contributed by atoms with van der Waals surface area (Å²) in [5, 5.41) is 3.42. The molecule has 1 N–H and O–H groups in total. The lowest BCUT2D eigenvalue weighted by atomic mass is 10.0. The number of hydrogen-bond acceptors (Lipinski definition) is 3. The van der Waals surface area contributed by atoms with Crippen LogP contribution in [0.4, 0.5) is 5.69 Å². The SMILES string of the molecule is c1cc2c(cc1-c1ccc3c(c1)OCCO3)NCC2. The minimum atomic E-state index is 0.627. The summed E-state index contributed by atoms with van der Waals surface area (Å²) in [5.74, 6) is 1.69. The molecule has 2 aromatic rings. The minimum absolute atomic E-state index is 0.627. The van der Waals surface area contributed by atoms with Crippen LogP contribution in [0.25, 0.3) is 11.1 Å². The molecular formula is C16H15NO2. The fraction of sp³-hybridized carbons (Fsp3) is 0.250. The Morgan fingerprint density at radius 1 is 0.842 bits per heavy atom. The minimum Gasteiger partial charge on any atom is -0.486 e. The lowest BCUT2D eigenvalue weighted by Crippen LogP contribution is -2.15. The van der Waals surface area contributed by atoms with Crippen molar-refractivity contribution in [2.45, 2.75) is 6.42 Å². The zero-order valence-electron chi connectivity index (χ0n) is 10.6. The third-order valence-electron chi connectivity index (χ3n) is 3.70. The summed E-state index contributed by atoms with van der Waals surface area (Å²) < 4.78 is 11.2. The molecule has 0 saturated carbocycles. The first-order valence-corrected chi connectivity index (χ1v) is 6.67. The molecule has 4 rings (SSSR count). The van der Waals surface area contributed by atoms with Crippen molar-refractivity contribution in [3.05, 3.63) is 42.0 Å². The van der Waals surface area contributed by atoms with E-state index in [1.165, 1.54) is 22.4 Å². The van der Waals surface area contributed by atoms with E-state index >= 15 is 0 Å². The fourth-order valence-electron chi connectivity index (χ4n) is 2.69. The Bertz CT molecular complexity index is 637. The molecule has 0 unspecified atom stereocenters. The Kier molecular flexibility index (Phi) is 2.37. The number of hydrogen-bond donors (Lipinski definition) is 1. The Balaban J connectivity index is 1.76. The number of anilines is 1. The van der Waals surface area contributed by atoms with Crippen LogP contribution in [-0.2, 0) is 6.42 Å². The summed E-state index contributed by atoms with van der Waals surface area (Å²) in [4.78, 5) is 0. The van der Waals surface area contributed by atoms with Crippen molar-refractivity contribution in [3.8, 4) is 22.6 Å². The molecule has 0 spiro atoms. The van der Waals surface area contributed by atoms with E-state index in [9.17, 15) is 0 Å². The van der Waals surface area contributed by atoms with Crippen LogP contribution in [0.2, 0.25) is 0 Å². The number of nitrogens with one attached hydrogen (secondary N) is 1. The maximum absolute atomic E-state index is 5.64. The second kappa shape index (κ2) is 4.19. The molecular weight excluding hydrogens is 238 g/mol. The maximum Gasteiger partial charge on any atom is 0.161 e. The second-order valence-corrected chi connectivity index (χ2v) is 4.91. The predicted octanol–water partition coefficient (Wildman–Crippen LogP) is 3.09. The summed E-state index contributed by atoms with van der Waals surface area (Å²) in [6.45, 7) is 2.30. The Hall–Kier alpha value is -2.16. The summed E-state index contributed by atoms with van der Waals surface area (Å²) in [7, 11) is 0. The van der Waals surface area contributed by atoms with Gasteiger partial charge >= 0.3 is 0 Å². The lowest BCUT2D eigenvalue weighted by molar-refractivity contribution is 0.171. The van der Waals surface area contributed by atoms with E-state index in [1.54, 1.807) is 0 Å². The van der Waals surface area contributed by atoms with E-state index in [-0.39, 0.29) is 0 Å². The van der Waals surface area contributed by atoms with Crippen molar-refractivity contribution in [2.75, 3.05) is 25.1 Å². The van der Waals surface area contributed by atoms with Crippen LogP contribution in [-0.4, -0.2) is 19.8 Å². The van der Waals surface area contributed by atoms with Gasteiger partial charge in [0.05, 0.1) is 0 Å². The molecule has 0 radical (unpaired) electrons. The molecule has 19 heavy (non-hydrogen) atoms. The van der Waals surface area contributed by atoms with Gasteiger partial charge in [-0.25, -0.2) is 0 Å². The molecule has 0 saturated heterocycles. The Labute approximate surface area is 112 Å². The number of fused-ring (bicyclic) bond motifs is 2. The molecule has 2 aliphatic rings. The highest BCUT2D eigenvalue weighted by molar-refractivity contribution is 5.73. The van der Waals surface area contributed by atoms with Crippen LogP contribution in [0.1, 0.15) is 5.56 Å². The van der Waals surface area contributed by atoms with Crippen molar-refractivity contribution in [1.29, 1.82) is 0 Å². The van der Waals surface area contributed by atoms with Gasteiger partial charge in [0.15, 0.2) is 11.5 Å². The van der Waals surface area contributed by atoms with Gasteiger partial charge < -0.3 is 14.8 Å². The molecule has 0 atom stereocenters. The van der Waals surface area contributed by atoms with E-state index in [0.29, 0.717) is 13.2 Å². The van der Waals surface area contributed by atoms with Crippen LogP contribution in [0.5, 0.6) is 11.5 Å². The molecule has 0 amide bonds. The maximum atomic E-state index is 5.64. The monoisotopic (exact) mass is 253 g/mol. The van der Waals surface area contributed by atoms with E-state index in [1.807, 2.05) is 6.07 Å². The van der Waals surface area contributed by atoms with Crippen molar-refractivity contribution >= 4 is 5.69 Å². The van der Waals surface area contributed by atoms with Crippen LogP contribution < -0.4 is 14.8 Å². The highest BCUT2D eigenvalue weighted by atomic mass is 16.6. The van der Waals surface area contributed by atoms with Gasteiger partial charge in [-0.1, -0.05) is 18.2 Å². The van der Waals surface area contributed by atoms with Crippen molar-refractivity contribution < 1.29 is 9.47 Å². The van der Waals surface area contributed by atoms with Gasteiger partial charge in [0, 0.05) is 12.2 Å². The molecule has 0 bridgehead atoms. The van der Waals surface area contributed by atoms with Gasteiger partial charge in [0.1, 0.15) is 13.2 Å². The standard InChI is InChI=1S/C16H15NO2/c1-2-12(9-14-11(1)5-6-17-14)13-3-4-15-16(10-13)19-8-7-18-15/h1-4,9-10,17H,5-8H2. The molecule has 2 aromatic carbocycles. The average Bonchev–Trinajstić information content (AvgIpc) is 2.94. The molecule has 0 aromatic heterocycles. The van der Waals surface area contributed by atoms with Crippen molar-refractivity contribution in [1.82, 2.24) is 0 Å². The largest absolute Gasteiger partial charge is 0.486 e. The molecule has 0 aliphatic carbocycles. The van der Waals surface area contributed by atoms with E-state index < -0.39 is 0 Å². The normalized spacial score (nSPS) is 15.8. The van der Waals surface area contributed by atoms with Gasteiger partial charge in [-0.3, -0.25) is 0 Å². The molecule has 3 heteroatoms. The summed E-state index contributed by atoms with van der Waals surface area (Å²) >= 11 is 0. The summed E-state index contributed by atoms with van der Waals surface area (Å²) in [6, 6.07) is 12.7. The molecule has 3 nitrogen and oxygen atoms in total. The van der Waals surface area contributed by atoms with Crippen molar-refractivity contribution in [3.63, 3.8) is 0 Å². The van der Waals surface area contributed by atoms with Gasteiger partial charge in [0.2, 0.25) is 0 Å². The number of benzene rings is 2. The average molecular weight is 253 g/mol. The predicted molar refractivity (Wildman–Crippen MR) is 75.1 cm³/mol. The van der Waals surface area contributed by atoms with Crippen LogP contribution in [0.15, 0.2) is 36.4 Å². The third-order valence-corrected chi connectivity index (χ3v) is 3.70. The van der Waals surface area contributed by atoms with Gasteiger partial charge in [0.25, 0.3) is 0 Å². The highest BCUT2D eigenvalue weighted by Crippen LogP contribution is 2.36.